The first-order valence-corrected chi connectivity index (χ1v) is 6.95. The molecule has 0 saturated carbocycles. The van der Waals surface area contributed by atoms with Crippen molar-refractivity contribution < 1.29 is 14.7 Å². The number of benzene rings is 1. The number of carbonyl (C=O) groups excluding carboxylic acids is 1. The molecule has 1 saturated heterocycles. The van der Waals surface area contributed by atoms with Crippen molar-refractivity contribution in [1.29, 1.82) is 0 Å². The van der Waals surface area contributed by atoms with Gasteiger partial charge in [-0.25, -0.2) is 4.79 Å². The zero-order chi connectivity index (χ0) is 14.5. The van der Waals surface area contributed by atoms with Crippen molar-refractivity contribution in [2.24, 2.45) is 0 Å². The smallest absolute Gasteiger partial charge is 0.322 e. The van der Waals surface area contributed by atoms with Gasteiger partial charge in [0.25, 0.3) is 0 Å². The van der Waals surface area contributed by atoms with Gasteiger partial charge in [0.05, 0.1) is 0 Å². The number of aliphatic carboxylic acids is 1. The Kier molecular flexibility index (Phi) is 4.61. The number of nitrogens with zero attached hydrogens (tertiary/aromatic N) is 1. The minimum atomic E-state index is -0.834. The summed E-state index contributed by atoms with van der Waals surface area (Å²) in [7, 11) is 0. The Morgan fingerprint density at radius 1 is 1.40 bits per heavy atom. The van der Waals surface area contributed by atoms with Crippen molar-refractivity contribution in [2.75, 3.05) is 11.9 Å². The number of aryl methyl sites for hydroxylation is 1. The minimum Gasteiger partial charge on any atom is -0.481 e. The number of urea groups is 1. The van der Waals surface area contributed by atoms with Gasteiger partial charge in [0.2, 0.25) is 0 Å². The molecule has 0 radical (unpaired) electrons. The molecule has 2 N–H and O–H groups in total. The topological polar surface area (TPSA) is 69.6 Å². The minimum absolute atomic E-state index is 0.0625. The Balaban J connectivity index is 2.04. The summed E-state index contributed by atoms with van der Waals surface area (Å²) in [6, 6.07) is 7.53. The van der Waals surface area contributed by atoms with E-state index in [0.717, 1.165) is 24.9 Å². The summed E-state index contributed by atoms with van der Waals surface area (Å²) >= 11 is 0. The van der Waals surface area contributed by atoms with Crippen LogP contribution in [0.15, 0.2) is 24.3 Å². The highest BCUT2D eigenvalue weighted by atomic mass is 16.4. The zero-order valence-corrected chi connectivity index (χ0v) is 11.6. The van der Waals surface area contributed by atoms with Crippen LogP contribution >= 0.6 is 0 Å². The van der Waals surface area contributed by atoms with E-state index in [1.807, 2.05) is 36.1 Å². The van der Waals surface area contributed by atoms with Crippen LogP contribution in [0, 0.1) is 0 Å². The third kappa shape index (κ3) is 3.50. The third-order valence-corrected chi connectivity index (χ3v) is 3.68. The molecule has 1 aliphatic heterocycles. The third-order valence-electron chi connectivity index (χ3n) is 3.68. The number of carboxylic acid groups (broad SMARTS) is 1. The van der Waals surface area contributed by atoms with Crippen LogP contribution in [0.2, 0.25) is 0 Å². The number of rotatable bonds is 4. The van der Waals surface area contributed by atoms with Crippen LogP contribution in [-0.4, -0.2) is 34.6 Å². The standard InChI is InChI=1S/C15H20N2O3/c1-11-5-4-10-17(11)15(20)16-13-7-3-2-6-12(13)8-9-14(18)19/h2-3,6-7,11H,4-5,8-10H2,1H3,(H,16,20)(H,18,19). The summed E-state index contributed by atoms with van der Waals surface area (Å²) in [4.78, 5) is 24.7. The van der Waals surface area contributed by atoms with Gasteiger partial charge in [-0.1, -0.05) is 18.2 Å². The number of likely N-dealkylation sites (tertiary alicyclic amines) is 1. The van der Waals surface area contributed by atoms with E-state index in [1.54, 1.807) is 0 Å². The lowest BCUT2D eigenvalue weighted by Gasteiger charge is -2.22. The van der Waals surface area contributed by atoms with Crippen LogP contribution < -0.4 is 5.32 Å². The summed E-state index contributed by atoms with van der Waals surface area (Å²) in [5, 5.41) is 11.7. The van der Waals surface area contributed by atoms with Crippen LogP contribution in [0.5, 0.6) is 0 Å². The van der Waals surface area contributed by atoms with E-state index in [4.69, 9.17) is 5.11 Å². The first kappa shape index (κ1) is 14.4. The fourth-order valence-corrected chi connectivity index (χ4v) is 2.52. The fourth-order valence-electron chi connectivity index (χ4n) is 2.52. The average molecular weight is 276 g/mol. The number of anilines is 1. The summed E-state index contributed by atoms with van der Waals surface area (Å²) in [6.45, 7) is 2.83. The second-order valence-corrected chi connectivity index (χ2v) is 5.17. The molecule has 0 aliphatic carbocycles. The van der Waals surface area contributed by atoms with E-state index in [0.29, 0.717) is 12.1 Å². The van der Waals surface area contributed by atoms with Gasteiger partial charge in [-0.15, -0.1) is 0 Å². The predicted octanol–water partition coefficient (Wildman–Crippen LogP) is 2.72. The Morgan fingerprint density at radius 2 is 2.15 bits per heavy atom. The van der Waals surface area contributed by atoms with Gasteiger partial charge in [0.1, 0.15) is 0 Å². The van der Waals surface area contributed by atoms with Crippen molar-refractivity contribution in [3.63, 3.8) is 0 Å². The van der Waals surface area contributed by atoms with Gasteiger partial charge in [0, 0.05) is 24.7 Å². The van der Waals surface area contributed by atoms with E-state index in [-0.39, 0.29) is 18.5 Å². The van der Waals surface area contributed by atoms with Gasteiger partial charge in [-0.2, -0.15) is 0 Å². The van der Waals surface area contributed by atoms with E-state index in [2.05, 4.69) is 5.32 Å². The maximum absolute atomic E-state index is 12.2. The summed E-state index contributed by atoms with van der Waals surface area (Å²) < 4.78 is 0. The van der Waals surface area contributed by atoms with E-state index >= 15 is 0 Å². The lowest BCUT2D eigenvalue weighted by atomic mass is 10.1. The molecule has 1 atom stereocenters. The second kappa shape index (κ2) is 6.41. The van der Waals surface area contributed by atoms with Gasteiger partial charge >= 0.3 is 12.0 Å². The number of nitrogens with one attached hydrogen (secondary N) is 1. The molecule has 1 aromatic carbocycles. The molecule has 1 fully saturated rings. The van der Waals surface area contributed by atoms with Crippen LogP contribution in [0.3, 0.4) is 0 Å². The Labute approximate surface area is 118 Å². The normalized spacial score (nSPS) is 18.1. The Bertz CT molecular complexity index is 502. The highest BCUT2D eigenvalue weighted by molar-refractivity contribution is 5.90. The number of para-hydroxylation sites is 1. The zero-order valence-electron chi connectivity index (χ0n) is 11.6. The number of hydrogen-bond acceptors (Lipinski definition) is 2. The first-order valence-electron chi connectivity index (χ1n) is 6.95. The molecule has 5 heteroatoms. The van der Waals surface area contributed by atoms with Gasteiger partial charge < -0.3 is 15.3 Å². The lowest BCUT2D eigenvalue weighted by molar-refractivity contribution is -0.136. The Hall–Kier alpha value is -2.04. The van der Waals surface area contributed by atoms with Crippen molar-refractivity contribution in [1.82, 2.24) is 4.90 Å². The molecule has 108 valence electrons. The molecule has 2 amide bonds. The molecule has 0 aromatic heterocycles. The second-order valence-electron chi connectivity index (χ2n) is 5.17. The highest BCUT2D eigenvalue weighted by Crippen LogP contribution is 2.21. The monoisotopic (exact) mass is 276 g/mol. The highest BCUT2D eigenvalue weighted by Gasteiger charge is 2.25. The number of hydrogen-bond donors (Lipinski definition) is 2. The van der Waals surface area contributed by atoms with E-state index in [1.165, 1.54) is 0 Å². The molecule has 1 aliphatic rings. The molecule has 20 heavy (non-hydrogen) atoms. The average Bonchev–Trinajstić information content (AvgIpc) is 2.84. The van der Waals surface area contributed by atoms with Crippen molar-refractivity contribution in [3.05, 3.63) is 29.8 Å². The number of carboxylic acids is 1. The SMILES string of the molecule is CC1CCCN1C(=O)Nc1ccccc1CCC(=O)O. The van der Waals surface area contributed by atoms with Crippen molar-refractivity contribution in [2.45, 2.75) is 38.6 Å². The summed E-state index contributed by atoms with van der Waals surface area (Å²) in [5.41, 5.74) is 1.56. The molecule has 0 spiro atoms. The van der Waals surface area contributed by atoms with Crippen molar-refractivity contribution >= 4 is 17.7 Å². The van der Waals surface area contributed by atoms with Crippen molar-refractivity contribution in [3.8, 4) is 0 Å². The number of carbonyl (C=O) groups is 2. The van der Waals surface area contributed by atoms with Gasteiger partial charge in [-0.05, 0) is 37.8 Å². The molecule has 1 aromatic rings. The maximum Gasteiger partial charge on any atom is 0.322 e. The molecule has 2 rings (SSSR count). The van der Waals surface area contributed by atoms with Crippen LogP contribution in [-0.2, 0) is 11.2 Å². The van der Waals surface area contributed by atoms with Crippen LogP contribution in [0.4, 0.5) is 10.5 Å². The van der Waals surface area contributed by atoms with E-state index < -0.39 is 5.97 Å². The summed E-state index contributed by atoms with van der Waals surface area (Å²) in [6.07, 6.45) is 2.55. The van der Waals surface area contributed by atoms with Gasteiger partial charge in [-0.3, -0.25) is 4.79 Å². The van der Waals surface area contributed by atoms with Crippen LogP contribution in [0.25, 0.3) is 0 Å². The molecule has 5 nitrogen and oxygen atoms in total. The number of amides is 2. The van der Waals surface area contributed by atoms with E-state index in [9.17, 15) is 9.59 Å². The maximum atomic E-state index is 12.2. The van der Waals surface area contributed by atoms with Gasteiger partial charge in [0.15, 0.2) is 0 Å². The molecule has 1 heterocycles. The summed E-state index contributed by atoms with van der Waals surface area (Å²) in [5.74, 6) is -0.834. The molecule has 0 bridgehead atoms. The lowest BCUT2D eigenvalue weighted by Crippen LogP contribution is -2.37. The molecular weight excluding hydrogens is 256 g/mol. The first-order chi connectivity index (χ1) is 9.58. The van der Waals surface area contributed by atoms with Crippen LogP contribution in [0.1, 0.15) is 31.7 Å². The molecular formula is C15H20N2O3. The quantitative estimate of drug-likeness (QED) is 0.888. The predicted molar refractivity (Wildman–Crippen MR) is 76.8 cm³/mol. The largest absolute Gasteiger partial charge is 0.481 e. The Morgan fingerprint density at radius 3 is 2.80 bits per heavy atom. The molecule has 1 unspecified atom stereocenters. The fraction of sp³-hybridized carbons (Fsp3) is 0.467.